The Hall–Kier alpha value is -0.570. The lowest BCUT2D eigenvalue weighted by Crippen LogP contribution is -2.36. The summed E-state index contributed by atoms with van der Waals surface area (Å²) in [6.07, 6.45) is 3.15. The summed E-state index contributed by atoms with van der Waals surface area (Å²) in [5.41, 5.74) is -0.152. The number of carbonyl (C=O) groups excluding carboxylic acids is 1. The monoisotopic (exact) mass is 169 g/mol. The molecule has 12 heavy (non-hydrogen) atoms. The molecule has 2 bridgehead atoms. The van der Waals surface area contributed by atoms with E-state index in [0.717, 1.165) is 25.8 Å². The van der Waals surface area contributed by atoms with E-state index >= 15 is 0 Å². The molecule has 0 spiro atoms. The molecule has 2 unspecified atom stereocenters. The zero-order chi connectivity index (χ0) is 8.60. The van der Waals surface area contributed by atoms with Crippen LogP contribution >= 0.6 is 0 Å². The minimum Gasteiger partial charge on any atom is -0.466 e. The average Bonchev–Trinajstić information content (AvgIpc) is 2.64. The van der Waals surface area contributed by atoms with E-state index < -0.39 is 0 Å². The maximum Gasteiger partial charge on any atom is 0.313 e. The first kappa shape index (κ1) is 8.05. The first-order valence-electron chi connectivity index (χ1n) is 4.67. The van der Waals surface area contributed by atoms with Crippen LogP contribution in [0.5, 0.6) is 0 Å². The van der Waals surface area contributed by atoms with Crippen LogP contribution in [0.4, 0.5) is 0 Å². The number of fused-ring (bicyclic) bond motifs is 2. The van der Waals surface area contributed by atoms with Gasteiger partial charge in [-0.15, -0.1) is 0 Å². The van der Waals surface area contributed by atoms with Crippen molar-refractivity contribution in [2.24, 2.45) is 5.41 Å². The van der Waals surface area contributed by atoms with Gasteiger partial charge in [-0.25, -0.2) is 0 Å². The highest BCUT2D eigenvalue weighted by molar-refractivity contribution is 5.78. The van der Waals surface area contributed by atoms with Gasteiger partial charge in [-0.1, -0.05) is 0 Å². The quantitative estimate of drug-likeness (QED) is 0.618. The Bertz CT molecular complexity index is 195. The van der Waals surface area contributed by atoms with Crippen LogP contribution in [0.15, 0.2) is 0 Å². The highest BCUT2D eigenvalue weighted by Gasteiger charge is 2.51. The van der Waals surface area contributed by atoms with Crippen LogP contribution in [0.1, 0.15) is 26.2 Å². The molecule has 1 N–H and O–H groups in total. The first-order chi connectivity index (χ1) is 5.77. The predicted octanol–water partition coefficient (Wildman–Crippen LogP) is 0.692. The third-order valence-electron chi connectivity index (χ3n) is 3.05. The van der Waals surface area contributed by atoms with Gasteiger partial charge >= 0.3 is 5.97 Å². The van der Waals surface area contributed by atoms with E-state index in [1.165, 1.54) is 0 Å². The van der Waals surface area contributed by atoms with Gasteiger partial charge in [0.2, 0.25) is 0 Å². The molecule has 0 aromatic rings. The van der Waals surface area contributed by atoms with Crippen molar-refractivity contribution in [1.29, 1.82) is 0 Å². The van der Waals surface area contributed by atoms with Crippen LogP contribution in [0, 0.1) is 5.41 Å². The second kappa shape index (κ2) is 2.73. The zero-order valence-corrected chi connectivity index (χ0v) is 7.43. The third-order valence-corrected chi connectivity index (χ3v) is 3.05. The normalized spacial score (nSPS) is 38.6. The molecule has 1 heterocycles. The Morgan fingerprint density at radius 1 is 1.75 bits per heavy atom. The van der Waals surface area contributed by atoms with Crippen LogP contribution < -0.4 is 5.32 Å². The number of ether oxygens (including phenoxy) is 1. The van der Waals surface area contributed by atoms with Crippen molar-refractivity contribution in [2.75, 3.05) is 13.2 Å². The molecule has 1 saturated heterocycles. The van der Waals surface area contributed by atoms with Gasteiger partial charge in [-0.3, -0.25) is 4.79 Å². The zero-order valence-electron chi connectivity index (χ0n) is 7.43. The lowest BCUT2D eigenvalue weighted by atomic mass is 9.88. The summed E-state index contributed by atoms with van der Waals surface area (Å²) in [4.78, 5) is 11.6. The summed E-state index contributed by atoms with van der Waals surface area (Å²) in [5.74, 6) is 0.0116. The van der Waals surface area contributed by atoms with E-state index in [1.807, 2.05) is 6.92 Å². The molecule has 0 aromatic carbocycles. The van der Waals surface area contributed by atoms with Crippen molar-refractivity contribution < 1.29 is 9.53 Å². The molecule has 2 rings (SSSR count). The summed E-state index contributed by atoms with van der Waals surface area (Å²) >= 11 is 0. The molecule has 2 aliphatic rings. The lowest BCUT2D eigenvalue weighted by Gasteiger charge is -2.23. The van der Waals surface area contributed by atoms with Crippen molar-refractivity contribution in [3.8, 4) is 0 Å². The SMILES string of the molecule is CCOC(=O)C12CCC(C1)NC2. The molecule has 1 saturated carbocycles. The molecule has 2 fully saturated rings. The van der Waals surface area contributed by atoms with Crippen LogP contribution in [0.2, 0.25) is 0 Å². The van der Waals surface area contributed by atoms with Gasteiger partial charge in [0.15, 0.2) is 0 Å². The fourth-order valence-electron chi connectivity index (χ4n) is 2.34. The largest absolute Gasteiger partial charge is 0.466 e. The highest BCUT2D eigenvalue weighted by atomic mass is 16.5. The predicted molar refractivity (Wildman–Crippen MR) is 44.7 cm³/mol. The Morgan fingerprint density at radius 3 is 3.00 bits per heavy atom. The van der Waals surface area contributed by atoms with Gasteiger partial charge < -0.3 is 10.1 Å². The lowest BCUT2D eigenvalue weighted by molar-refractivity contribution is -0.154. The van der Waals surface area contributed by atoms with E-state index in [0.29, 0.717) is 12.6 Å². The standard InChI is InChI=1S/C9H15NO2/c1-2-12-8(11)9-4-3-7(5-9)10-6-9/h7,10H,2-6H2,1H3. The molecular formula is C9H15NO2. The fraction of sp³-hybridized carbons (Fsp3) is 0.889. The van der Waals surface area contributed by atoms with Crippen molar-refractivity contribution >= 4 is 5.97 Å². The fourth-order valence-corrected chi connectivity index (χ4v) is 2.34. The van der Waals surface area contributed by atoms with Crippen LogP contribution in [0.3, 0.4) is 0 Å². The van der Waals surface area contributed by atoms with Crippen molar-refractivity contribution in [2.45, 2.75) is 32.2 Å². The van der Waals surface area contributed by atoms with Gasteiger partial charge in [0.1, 0.15) is 0 Å². The smallest absolute Gasteiger partial charge is 0.313 e. The van der Waals surface area contributed by atoms with E-state index in [4.69, 9.17) is 4.74 Å². The molecule has 68 valence electrons. The Morgan fingerprint density at radius 2 is 2.58 bits per heavy atom. The molecular weight excluding hydrogens is 154 g/mol. The maximum absolute atomic E-state index is 11.6. The summed E-state index contributed by atoms with van der Waals surface area (Å²) < 4.78 is 5.07. The minimum absolute atomic E-state index is 0.0116. The molecule has 0 aromatic heterocycles. The maximum atomic E-state index is 11.6. The number of nitrogens with one attached hydrogen (secondary N) is 1. The number of rotatable bonds is 2. The second-order valence-corrected chi connectivity index (χ2v) is 3.82. The van der Waals surface area contributed by atoms with E-state index in [1.54, 1.807) is 0 Å². The summed E-state index contributed by atoms with van der Waals surface area (Å²) in [6, 6.07) is 0.578. The van der Waals surface area contributed by atoms with Crippen LogP contribution in [-0.2, 0) is 9.53 Å². The Balaban J connectivity index is 2.06. The van der Waals surface area contributed by atoms with E-state index in [9.17, 15) is 4.79 Å². The topological polar surface area (TPSA) is 38.3 Å². The number of esters is 1. The molecule has 0 radical (unpaired) electrons. The van der Waals surface area contributed by atoms with Crippen LogP contribution in [0.25, 0.3) is 0 Å². The molecule has 1 aliphatic heterocycles. The van der Waals surface area contributed by atoms with Gasteiger partial charge in [0, 0.05) is 12.6 Å². The highest BCUT2D eigenvalue weighted by Crippen LogP contribution is 2.43. The molecule has 0 amide bonds. The van der Waals surface area contributed by atoms with E-state index in [2.05, 4.69) is 5.32 Å². The molecule has 3 heteroatoms. The third kappa shape index (κ3) is 1.04. The number of hydrogen-bond acceptors (Lipinski definition) is 3. The molecule has 1 aliphatic carbocycles. The first-order valence-corrected chi connectivity index (χ1v) is 4.67. The van der Waals surface area contributed by atoms with Gasteiger partial charge in [-0.05, 0) is 26.2 Å². The average molecular weight is 169 g/mol. The van der Waals surface area contributed by atoms with Crippen LogP contribution in [-0.4, -0.2) is 25.2 Å². The molecule has 2 atom stereocenters. The van der Waals surface area contributed by atoms with E-state index in [-0.39, 0.29) is 11.4 Å². The summed E-state index contributed by atoms with van der Waals surface area (Å²) in [7, 11) is 0. The number of hydrogen-bond donors (Lipinski definition) is 1. The Labute approximate surface area is 72.5 Å². The van der Waals surface area contributed by atoms with Gasteiger partial charge in [0.05, 0.1) is 12.0 Å². The summed E-state index contributed by atoms with van der Waals surface area (Å²) in [5, 5.41) is 3.34. The Kier molecular flexibility index (Phi) is 1.83. The number of piperidine rings is 1. The summed E-state index contributed by atoms with van der Waals surface area (Å²) in [6.45, 7) is 3.20. The second-order valence-electron chi connectivity index (χ2n) is 3.82. The van der Waals surface area contributed by atoms with Crippen molar-refractivity contribution in [3.05, 3.63) is 0 Å². The van der Waals surface area contributed by atoms with Crippen molar-refractivity contribution in [1.82, 2.24) is 5.32 Å². The number of carbonyl (C=O) groups is 1. The van der Waals surface area contributed by atoms with Gasteiger partial charge in [0.25, 0.3) is 0 Å². The minimum atomic E-state index is -0.152. The van der Waals surface area contributed by atoms with Gasteiger partial charge in [-0.2, -0.15) is 0 Å². The molecule has 3 nitrogen and oxygen atoms in total. The van der Waals surface area contributed by atoms with Crippen molar-refractivity contribution in [3.63, 3.8) is 0 Å².